The second-order valence-corrected chi connectivity index (χ2v) is 4.59. The summed E-state index contributed by atoms with van der Waals surface area (Å²) in [5.41, 5.74) is 5.49. The summed E-state index contributed by atoms with van der Waals surface area (Å²) in [6, 6.07) is 3.20. The number of ether oxygens (including phenoxy) is 1. The molecule has 0 spiro atoms. The van der Waals surface area contributed by atoms with Gasteiger partial charge in [-0.15, -0.1) is 11.6 Å². The molecule has 6 nitrogen and oxygen atoms in total. The minimum absolute atomic E-state index is 0.312. The Kier molecular flexibility index (Phi) is 3.82. The van der Waals surface area contributed by atoms with Gasteiger partial charge >= 0.3 is 0 Å². The monoisotopic (exact) mass is 273 g/mol. The molecule has 2 unspecified atom stereocenters. The quantitative estimate of drug-likeness (QED) is 0.483. The topological polar surface area (TPSA) is 96.7 Å². The number of aliphatic hydroxyl groups is 2. The van der Waals surface area contributed by atoms with Crippen LogP contribution in [0.2, 0.25) is 0 Å². The highest BCUT2D eigenvalue weighted by Gasteiger charge is 2.47. The molecule has 1 aliphatic heterocycles. The second-order valence-electron chi connectivity index (χ2n) is 4.09. The number of halogens is 1. The molecule has 0 saturated carbocycles. The van der Waals surface area contributed by atoms with Crippen molar-refractivity contribution in [1.82, 2.24) is 0 Å². The predicted octanol–water partition coefficient (Wildman–Crippen LogP) is -1.07. The second kappa shape index (κ2) is 5.19. The molecule has 0 radical (unpaired) electrons. The minimum atomic E-state index is -0.966. The molecule has 0 aromatic carbocycles. The van der Waals surface area contributed by atoms with Crippen molar-refractivity contribution in [2.45, 2.75) is 23.8 Å². The Balaban J connectivity index is 2.27. The van der Waals surface area contributed by atoms with Gasteiger partial charge in [0.1, 0.15) is 17.8 Å². The van der Waals surface area contributed by atoms with Crippen molar-refractivity contribution in [2.24, 2.45) is 5.73 Å². The molecule has 7 heteroatoms. The van der Waals surface area contributed by atoms with Crippen LogP contribution in [0, 0.1) is 0 Å². The van der Waals surface area contributed by atoms with Crippen LogP contribution in [0.3, 0.4) is 0 Å². The van der Waals surface area contributed by atoms with E-state index in [1.807, 2.05) is 0 Å². The van der Waals surface area contributed by atoms with Crippen molar-refractivity contribution >= 4 is 17.5 Å². The Morgan fingerprint density at radius 1 is 1.61 bits per heavy atom. The number of amides is 1. The van der Waals surface area contributed by atoms with Gasteiger partial charge in [-0.3, -0.25) is 4.79 Å². The van der Waals surface area contributed by atoms with E-state index >= 15 is 0 Å². The molecule has 98 valence electrons. The van der Waals surface area contributed by atoms with Crippen molar-refractivity contribution in [3.63, 3.8) is 0 Å². The number of carbonyl (C=O) groups excluding carboxylic acids is 1. The summed E-state index contributed by atoms with van der Waals surface area (Å²) < 4.78 is 6.99. The highest BCUT2D eigenvalue weighted by molar-refractivity contribution is 6.21. The summed E-state index contributed by atoms with van der Waals surface area (Å²) in [6.45, 7) is -0.322. The van der Waals surface area contributed by atoms with E-state index in [9.17, 15) is 9.90 Å². The molecule has 18 heavy (non-hydrogen) atoms. The molecule has 4 N–H and O–H groups in total. The van der Waals surface area contributed by atoms with E-state index in [1.165, 1.54) is 6.20 Å². The van der Waals surface area contributed by atoms with Crippen LogP contribution in [0.5, 0.6) is 0 Å². The van der Waals surface area contributed by atoms with Gasteiger partial charge in [0.25, 0.3) is 12.1 Å². The molecule has 0 aliphatic carbocycles. The lowest BCUT2D eigenvalue weighted by Crippen LogP contribution is -2.44. The molecule has 1 aromatic heterocycles. The van der Waals surface area contributed by atoms with Gasteiger partial charge in [-0.25, -0.2) is 0 Å². The van der Waals surface area contributed by atoms with Crippen LogP contribution in [0.4, 0.5) is 0 Å². The summed E-state index contributed by atoms with van der Waals surface area (Å²) in [4.78, 5) is 11.1. The molecule has 0 bridgehead atoms. The number of rotatable bonds is 3. The van der Waals surface area contributed by atoms with Crippen LogP contribution in [-0.4, -0.2) is 40.3 Å². The van der Waals surface area contributed by atoms with Crippen molar-refractivity contribution in [2.75, 3.05) is 6.61 Å². The van der Waals surface area contributed by atoms with E-state index < -0.39 is 29.7 Å². The first-order chi connectivity index (χ1) is 8.54. The lowest BCUT2D eigenvalue weighted by Gasteiger charge is -2.09. The fourth-order valence-corrected chi connectivity index (χ4v) is 2.24. The largest absolute Gasteiger partial charge is 0.394 e. The van der Waals surface area contributed by atoms with Crippen LogP contribution in [0.25, 0.3) is 0 Å². The van der Waals surface area contributed by atoms with Crippen LogP contribution < -0.4 is 10.3 Å². The van der Waals surface area contributed by atoms with Gasteiger partial charge in [-0.2, -0.15) is 4.57 Å². The summed E-state index contributed by atoms with van der Waals surface area (Å²) in [6.07, 6.45) is 0.792. The fraction of sp³-hybridized carbons (Fsp3) is 0.455. The first kappa shape index (κ1) is 13.2. The number of pyridine rings is 1. The fourth-order valence-electron chi connectivity index (χ4n) is 1.89. The molecular weight excluding hydrogens is 260 g/mol. The van der Waals surface area contributed by atoms with Gasteiger partial charge in [0.2, 0.25) is 0 Å². The van der Waals surface area contributed by atoms with Gasteiger partial charge < -0.3 is 20.7 Å². The number of primary amides is 1. The molecule has 1 saturated heterocycles. The van der Waals surface area contributed by atoms with Crippen LogP contribution in [0.1, 0.15) is 16.6 Å². The number of alkyl halides is 1. The number of nitrogens with two attached hydrogens (primary N) is 1. The van der Waals surface area contributed by atoms with Gasteiger partial charge in [0, 0.05) is 6.07 Å². The number of hydrogen-bond donors (Lipinski definition) is 3. The molecule has 1 aromatic rings. The zero-order valence-electron chi connectivity index (χ0n) is 9.44. The molecule has 1 fully saturated rings. The number of nitrogens with zero attached hydrogens (tertiary/aromatic N) is 1. The Morgan fingerprint density at radius 3 is 2.89 bits per heavy atom. The van der Waals surface area contributed by atoms with E-state index in [4.69, 9.17) is 27.2 Å². The standard InChI is InChI=1S/C11H13ClN2O4/c12-8-9(16)7(5-15)18-11(8)14-3-1-2-6(4-14)10(13)17/h1-4,7-9,11,15-16H,5H2,(H-,13,17)/p+1/t7-,8?,9?,11+/m1/s1. The van der Waals surface area contributed by atoms with Gasteiger partial charge in [0.15, 0.2) is 17.8 Å². The summed E-state index contributed by atoms with van der Waals surface area (Å²) in [5, 5.41) is 18.1. The Bertz CT molecular complexity index is 456. The van der Waals surface area contributed by atoms with Crippen molar-refractivity contribution in [3.05, 3.63) is 30.1 Å². The van der Waals surface area contributed by atoms with E-state index in [0.717, 1.165) is 0 Å². The molecule has 2 rings (SSSR count). The Labute approximate surface area is 109 Å². The molecule has 2 heterocycles. The maximum absolute atomic E-state index is 11.1. The third kappa shape index (κ3) is 2.32. The summed E-state index contributed by atoms with van der Waals surface area (Å²) in [7, 11) is 0. The van der Waals surface area contributed by atoms with Crippen LogP contribution in [-0.2, 0) is 4.74 Å². The first-order valence-electron chi connectivity index (χ1n) is 5.43. The number of carbonyl (C=O) groups is 1. The van der Waals surface area contributed by atoms with Crippen LogP contribution in [0.15, 0.2) is 24.5 Å². The highest BCUT2D eigenvalue weighted by Crippen LogP contribution is 2.29. The highest BCUT2D eigenvalue weighted by atomic mass is 35.5. The average Bonchev–Trinajstić information content (AvgIpc) is 2.66. The van der Waals surface area contributed by atoms with E-state index in [2.05, 4.69) is 0 Å². The maximum atomic E-state index is 11.1. The van der Waals surface area contributed by atoms with Crippen molar-refractivity contribution < 1.29 is 24.3 Å². The number of aliphatic hydroxyl groups excluding tert-OH is 2. The lowest BCUT2D eigenvalue weighted by molar-refractivity contribution is -0.758. The Hall–Kier alpha value is -1.21. The zero-order chi connectivity index (χ0) is 13.3. The van der Waals surface area contributed by atoms with E-state index in [0.29, 0.717) is 5.56 Å². The molecule has 4 atom stereocenters. The molecule has 1 aliphatic rings. The van der Waals surface area contributed by atoms with Gasteiger partial charge in [0.05, 0.1) is 6.61 Å². The van der Waals surface area contributed by atoms with E-state index in [-0.39, 0.29) is 6.61 Å². The SMILES string of the molecule is NC(=O)c1ccc[n+]([C@H]2O[C@H](CO)C(O)C2Cl)c1. The summed E-state index contributed by atoms with van der Waals surface area (Å²) in [5.74, 6) is -0.562. The number of hydrogen-bond acceptors (Lipinski definition) is 4. The normalized spacial score (nSPS) is 31.5. The molecular formula is C11H14ClN2O4+. The van der Waals surface area contributed by atoms with Crippen molar-refractivity contribution in [3.8, 4) is 0 Å². The van der Waals surface area contributed by atoms with Gasteiger partial charge in [-0.1, -0.05) is 0 Å². The molecule has 1 amide bonds. The smallest absolute Gasteiger partial charge is 0.282 e. The average molecular weight is 274 g/mol. The van der Waals surface area contributed by atoms with E-state index in [1.54, 1.807) is 22.9 Å². The van der Waals surface area contributed by atoms with Gasteiger partial charge in [-0.05, 0) is 6.07 Å². The third-order valence-electron chi connectivity index (χ3n) is 2.87. The van der Waals surface area contributed by atoms with Crippen molar-refractivity contribution in [1.29, 1.82) is 0 Å². The predicted molar refractivity (Wildman–Crippen MR) is 61.8 cm³/mol. The zero-order valence-corrected chi connectivity index (χ0v) is 10.2. The first-order valence-corrected chi connectivity index (χ1v) is 5.87. The lowest BCUT2D eigenvalue weighted by atomic mass is 10.2. The third-order valence-corrected chi connectivity index (χ3v) is 3.35. The maximum Gasteiger partial charge on any atom is 0.282 e. The number of aromatic nitrogens is 1. The minimum Gasteiger partial charge on any atom is -0.394 e. The Morgan fingerprint density at radius 2 is 2.33 bits per heavy atom. The van der Waals surface area contributed by atoms with Crippen LogP contribution >= 0.6 is 11.6 Å². The summed E-state index contributed by atoms with van der Waals surface area (Å²) >= 11 is 6.05.